The molecule has 0 unspecified atom stereocenters. The Labute approximate surface area is 122 Å². The van der Waals surface area contributed by atoms with Gasteiger partial charge in [-0.1, -0.05) is 6.07 Å². The topological polar surface area (TPSA) is 95.7 Å². The molecule has 21 heavy (non-hydrogen) atoms. The number of amides is 1. The van der Waals surface area contributed by atoms with Crippen LogP contribution in [0.4, 0.5) is 11.4 Å². The first-order chi connectivity index (χ1) is 10.1. The molecule has 1 fully saturated rings. The number of hydrogen-bond donors (Lipinski definition) is 2. The molecule has 0 aliphatic carbocycles. The Morgan fingerprint density at radius 3 is 2.76 bits per heavy atom. The average molecular weight is 293 g/mol. The summed E-state index contributed by atoms with van der Waals surface area (Å²) in [5, 5.41) is 22.4. The zero-order valence-corrected chi connectivity index (χ0v) is 11.7. The fraction of sp³-hybridized carbons (Fsp3) is 0.500. The van der Waals surface area contributed by atoms with Crippen LogP contribution in [-0.2, 0) is 4.79 Å². The Hall–Kier alpha value is -1.99. The van der Waals surface area contributed by atoms with Crippen LogP contribution in [0.5, 0.6) is 0 Å². The molecule has 7 nitrogen and oxygen atoms in total. The molecule has 1 aromatic carbocycles. The van der Waals surface area contributed by atoms with E-state index in [1.165, 1.54) is 12.1 Å². The monoisotopic (exact) mass is 293 g/mol. The maximum atomic E-state index is 11.9. The lowest BCUT2D eigenvalue weighted by atomic mass is 9.98. The molecule has 7 heteroatoms. The molecule has 2 N–H and O–H groups in total. The second-order valence-electron chi connectivity index (χ2n) is 5.26. The third-order valence-corrected chi connectivity index (χ3v) is 3.67. The number of likely N-dealkylation sites (tertiary alicyclic amines) is 1. The summed E-state index contributed by atoms with van der Waals surface area (Å²) in [5.74, 6) is 0.152. The lowest BCUT2D eigenvalue weighted by molar-refractivity contribution is -0.384. The largest absolute Gasteiger partial charge is 0.396 e. The Morgan fingerprint density at radius 2 is 2.14 bits per heavy atom. The average Bonchev–Trinajstić information content (AvgIpc) is 2.48. The van der Waals surface area contributed by atoms with Crippen molar-refractivity contribution in [3.8, 4) is 0 Å². The molecule has 0 atom stereocenters. The van der Waals surface area contributed by atoms with Crippen molar-refractivity contribution < 1.29 is 14.8 Å². The van der Waals surface area contributed by atoms with Crippen molar-refractivity contribution in [2.45, 2.75) is 12.8 Å². The van der Waals surface area contributed by atoms with Gasteiger partial charge in [0.2, 0.25) is 5.91 Å². The number of rotatable bonds is 5. The molecule has 0 bridgehead atoms. The molecular weight excluding hydrogens is 274 g/mol. The van der Waals surface area contributed by atoms with E-state index in [-0.39, 0.29) is 24.7 Å². The normalized spacial score (nSPS) is 16.6. The molecular formula is C14H19N3O4. The number of anilines is 1. The number of aliphatic hydroxyl groups excluding tert-OH is 1. The van der Waals surface area contributed by atoms with Gasteiger partial charge in [0.05, 0.1) is 11.5 Å². The first-order valence-corrected chi connectivity index (χ1v) is 6.96. The molecule has 1 saturated heterocycles. The third kappa shape index (κ3) is 4.51. The van der Waals surface area contributed by atoms with Crippen molar-refractivity contribution in [2.24, 2.45) is 5.92 Å². The summed E-state index contributed by atoms with van der Waals surface area (Å²) < 4.78 is 0. The van der Waals surface area contributed by atoms with Gasteiger partial charge in [-0.25, -0.2) is 0 Å². The summed E-state index contributed by atoms with van der Waals surface area (Å²) in [7, 11) is 0. The number of carbonyl (C=O) groups excluding carboxylic acids is 1. The summed E-state index contributed by atoms with van der Waals surface area (Å²) in [6, 6.07) is 5.90. The van der Waals surface area contributed by atoms with Gasteiger partial charge < -0.3 is 10.4 Å². The second kappa shape index (κ2) is 7.14. The highest BCUT2D eigenvalue weighted by Crippen LogP contribution is 2.18. The minimum absolute atomic E-state index is 0.0449. The van der Waals surface area contributed by atoms with Crippen molar-refractivity contribution in [2.75, 3.05) is 31.6 Å². The van der Waals surface area contributed by atoms with Crippen LogP contribution in [0.15, 0.2) is 24.3 Å². The number of piperidine rings is 1. The molecule has 1 aromatic rings. The van der Waals surface area contributed by atoms with Crippen molar-refractivity contribution in [1.29, 1.82) is 0 Å². The van der Waals surface area contributed by atoms with E-state index < -0.39 is 4.92 Å². The third-order valence-electron chi connectivity index (χ3n) is 3.67. The van der Waals surface area contributed by atoms with Crippen LogP contribution in [0.2, 0.25) is 0 Å². The number of nitrogens with one attached hydrogen (secondary N) is 1. The SMILES string of the molecule is O=C(CN1CCC(CO)CC1)Nc1cccc([N+](=O)[O-])c1. The lowest BCUT2D eigenvalue weighted by Crippen LogP contribution is -2.39. The number of nitro benzene ring substituents is 1. The standard InChI is InChI=1S/C14H19N3O4/c18-10-11-4-6-16(7-5-11)9-14(19)15-12-2-1-3-13(8-12)17(20)21/h1-3,8,11,18H,4-7,9-10H2,(H,15,19). The van der Waals surface area contributed by atoms with Gasteiger partial charge in [0, 0.05) is 24.4 Å². The maximum absolute atomic E-state index is 11.9. The van der Waals surface area contributed by atoms with Crippen LogP contribution in [0, 0.1) is 16.0 Å². The molecule has 0 radical (unpaired) electrons. The number of carbonyl (C=O) groups is 1. The van der Waals surface area contributed by atoms with E-state index in [0.717, 1.165) is 25.9 Å². The minimum Gasteiger partial charge on any atom is -0.396 e. The van der Waals surface area contributed by atoms with Crippen LogP contribution in [-0.4, -0.2) is 47.1 Å². The van der Waals surface area contributed by atoms with E-state index in [4.69, 9.17) is 5.11 Å². The fourth-order valence-corrected chi connectivity index (χ4v) is 2.43. The van der Waals surface area contributed by atoms with Crippen LogP contribution in [0.1, 0.15) is 12.8 Å². The maximum Gasteiger partial charge on any atom is 0.271 e. The van der Waals surface area contributed by atoms with Gasteiger partial charge in [-0.15, -0.1) is 0 Å². The van der Waals surface area contributed by atoms with E-state index in [1.54, 1.807) is 12.1 Å². The van der Waals surface area contributed by atoms with E-state index >= 15 is 0 Å². The molecule has 0 spiro atoms. The minimum atomic E-state index is -0.491. The summed E-state index contributed by atoms with van der Waals surface area (Å²) in [5.41, 5.74) is 0.385. The van der Waals surface area contributed by atoms with Crippen LogP contribution in [0.25, 0.3) is 0 Å². The number of nitro groups is 1. The summed E-state index contributed by atoms with van der Waals surface area (Å²) in [4.78, 5) is 24.2. The number of nitrogens with zero attached hydrogens (tertiary/aromatic N) is 2. The Kier molecular flexibility index (Phi) is 5.24. The molecule has 0 aromatic heterocycles. The number of hydrogen-bond acceptors (Lipinski definition) is 5. The van der Waals surface area contributed by atoms with Crippen molar-refractivity contribution >= 4 is 17.3 Å². The summed E-state index contributed by atoms with van der Waals surface area (Å²) in [6.45, 7) is 2.04. The Balaban J connectivity index is 1.85. The number of aliphatic hydroxyl groups is 1. The number of benzene rings is 1. The van der Waals surface area contributed by atoms with E-state index in [0.29, 0.717) is 11.6 Å². The van der Waals surface area contributed by atoms with Gasteiger partial charge in [-0.2, -0.15) is 0 Å². The van der Waals surface area contributed by atoms with Crippen LogP contribution >= 0.6 is 0 Å². The Bertz CT molecular complexity index is 513. The predicted molar refractivity (Wildman–Crippen MR) is 78.0 cm³/mol. The first-order valence-electron chi connectivity index (χ1n) is 6.96. The quantitative estimate of drug-likeness (QED) is 0.629. The number of non-ortho nitro benzene ring substituents is 1. The zero-order chi connectivity index (χ0) is 15.2. The Morgan fingerprint density at radius 1 is 1.43 bits per heavy atom. The van der Waals surface area contributed by atoms with Gasteiger partial charge >= 0.3 is 0 Å². The summed E-state index contributed by atoms with van der Waals surface area (Å²) in [6.07, 6.45) is 1.78. The van der Waals surface area contributed by atoms with Crippen molar-refractivity contribution in [3.63, 3.8) is 0 Å². The molecule has 2 rings (SSSR count). The molecule has 114 valence electrons. The fourth-order valence-electron chi connectivity index (χ4n) is 2.43. The highest BCUT2D eigenvalue weighted by molar-refractivity contribution is 5.92. The van der Waals surface area contributed by atoms with Crippen LogP contribution < -0.4 is 5.32 Å². The smallest absolute Gasteiger partial charge is 0.271 e. The predicted octanol–water partition coefficient (Wildman–Crippen LogP) is 1.24. The van der Waals surface area contributed by atoms with Gasteiger partial charge in [0.15, 0.2) is 0 Å². The molecule has 0 saturated carbocycles. The molecule has 1 aliphatic rings. The van der Waals surface area contributed by atoms with Crippen molar-refractivity contribution in [1.82, 2.24) is 4.90 Å². The van der Waals surface area contributed by atoms with Crippen molar-refractivity contribution in [3.05, 3.63) is 34.4 Å². The van der Waals surface area contributed by atoms with E-state index in [2.05, 4.69) is 5.32 Å². The van der Waals surface area contributed by atoms with E-state index in [1.807, 2.05) is 4.90 Å². The van der Waals surface area contributed by atoms with Crippen LogP contribution in [0.3, 0.4) is 0 Å². The molecule has 1 heterocycles. The highest BCUT2D eigenvalue weighted by atomic mass is 16.6. The lowest BCUT2D eigenvalue weighted by Gasteiger charge is -2.30. The first kappa shape index (κ1) is 15.4. The van der Waals surface area contributed by atoms with E-state index in [9.17, 15) is 14.9 Å². The molecule has 1 amide bonds. The summed E-state index contributed by atoms with van der Waals surface area (Å²) >= 11 is 0. The van der Waals surface area contributed by atoms with Gasteiger partial charge in [0.25, 0.3) is 5.69 Å². The zero-order valence-electron chi connectivity index (χ0n) is 11.7. The second-order valence-corrected chi connectivity index (χ2v) is 5.26. The van der Waals surface area contributed by atoms with Gasteiger partial charge in [-0.05, 0) is 37.9 Å². The van der Waals surface area contributed by atoms with Gasteiger partial charge in [-0.3, -0.25) is 19.8 Å². The molecule has 1 aliphatic heterocycles. The highest BCUT2D eigenvalue weighted by Gasteiger charge is 2.20. The van der Waals surface area contributed by atoms with Gasteiger partial charge in [0.1, 0.15) is 0 Å².